The molecule has 7 nitrogen and oxygen atoms in total. The summed E-state index contributed by atoms with van der Waals surface area (Å²) in [5.74, 6) is 0. The summed E-state index contributed by atoms with van der Waals surface area (Å²) in [6.07, 6.45) is 0. The topological polar surface area (TPSA) is 83.8 Å². The number of benzene rings is 2. The van der Waals surface area contributed by atoms with Gasteiger partial charge in [0.05, 0.1) is 4.92 Å². The summed E-state index contributed by atoms with van der Waals surface area (Å²) in [6, 6.07) is 10.7. The van der Waals surface area contributed by atoms with Crippen LogP contribution in [0, 0.1) is 10.1 Å². The maximum Gasteiger partial charge on any atom is 0.289 e. The molecule has 0 aromatic heterocycles. The third-order valence-electron chi connectivity index (χ3n) is 4.42. The van der Waals surface area contributed by atoms with E-state index in [0.29, 0.717) is 29.7 Å². The number of para-hydroxylation sites is 1. The van der Waals surface area contributed by atoms with Crippen LogP contribution in [0.5, 0.6) is 0 Å². The number of hydrogen-bond acceptors (Lipinski definition) is 5. The van der Waals surface area contributed by atoms with Crippen molar-refractivity contribution < 1.29 is 13.3 Å². The van der Waals surface area contributed by atoms with Crippen LogP contribution in [-0.2, 0) is 16.6 Å². The van der Waals surface area contributed by atoms with Crippen LogP contribution in [0.1, 0.15) is 5.56 Å². The first-order valence-corrected chi connectivity index (χ1v) is 10.4. The lowest BCUT2D eigenvalue weighted by molar-refractivity contribution is -0.387. The molecule has 2 aromatic rings. The number of rotatable bonds is 5. The molecule has 27 heavy (non-hydrogen) atoms. The van der Waals surface area contributed by atoms with Crippen LogP contribution in [0.3, 0.4) is 0 Å². The Morgan fingerprint density at radius 1 is 1.04 bits per heavy atom. The Kier molecular flexibility index (Phi) is 6.02. The van der Waals surface area contributed by atoms with E-state index in [9.17, 15) is 18.5 Å². The van der Waals surface area contributed by atoms with Gasteiger partial charge in [0, 0.05) is 48.8 Å². The lowest BCUT2D eigenvalue weighted by Crippen LogP contribution is -2.48. The van der Waals surface area contributed by atoms with E-state index in [2.05, 4.69) is 4.90 Å². The van der Waals surface area contributed by atoms with Gasteiger partial charge < -0.3 is 0 Å². The Hall–Kier alpha value is -1.71. The molecule has 1 aliphatic heterocycles. The van der Waals surface area contributed by atoms with Crippen molar-refractivity contribution in [2.45, 2.75) is 11.4 Å². The minimum atomic E-state index is -3.93. The quantitative estimate of drug-likeness (QED) is 0.536. The highest BCUT2D eigenvalue weighted by Gasteiger charge is 2.33. The Labute approximate surface area is 167 Å². The maximum absolute atomic E-state index is 12.8. The minimum absolute atomic E-state index is 0.250. The molecule has 10 heteroatoms. The molecule has 1 saturated heterocycles. The Morgan fingerprint density at radius 2 is 1.70 bits per heavy atom. The number of halogens is 2. The largest absolute Gasteiger partial charge is 0.296 e. The predicted molar refractivity (Wildman–Crippen MR) is 104 cm³/mol. The molecule has 0 unspecified atom stereocenters. The van der Waals surface area contributed by atoms with Crippen molar-refractivity contribution in [3.8, 4) is 0 Å². The average molecular weight is 430 g/mol. The lowest BCUT2D eigenvalue weighted by Gasteiger charge is -2.34. The van der Waals surface area contributed by atoms with Crippen LogP contribution in [0.4, 0.5) is 5.69 Å². The molecular weight excluding hydrogens is 413 g/mol. The highest BCUT2D eigenvalue weighted by atomic mass is 35.5. The number of nitro groups is 1. The van der Waals surface area contributed by atoms with Crippen molar-refractivity contribution in [3.05, 3.63) is 68.2 Å². The Balaban J connectivity index is 1.71. The number of hydrogen-bond donors (Lipinski definition) is 0. The highest BCUT2D eigenvalue weighted by molar-refractivity contribution is 7.89. The van der Waals surface area contributed by atoms with Gasteiger partial charge >= 0.3 is 0 Å². The molecule has 0 atom stereocenters. The second-order valence-corrected chi connectivity index (χ2v) is 8.89. The third kappa shape index (κ3) is 4.41. The second kappa shape index (κ2) is 8.12. The van der Waals surface area contributed by atoms with Gasteiger partial charge in [-0.15, -0.1) is 0 Å². The number of nitro benzene ring substituents is 1. The molecule has 0 radical (unpaired) electrons. The normalized spacial score (nSPS) is 16.4. The van der Waals surface area contributed by atoms with Crippen LogP contribution in [0.25, 0.3) is 0 Å². The van der Waals surface area contributed by atoms with Crippen molar-refractivity contribution >= 4 is 38.9 Å². The molecule has 0 spiro atoms. The van der Waals surface area contributed by atoms with E-state index >= 15 is 0 Å². The van der Waals surface area contributed by atoms with Gasteiger partial charge in [-0.2, -0.15) is 4.31 Å². The van der Waals surface area contributed by atoms with Gasteiger partial charge in [0.2, 0.25) is 10.0 Å². The SMILES string of the molecule is O=[N+]([O-])c1ccccc1S(=O)(=O)N1CCN(Cc2ccc(Cl)cc2Cl)CC1. The molecular formula is C17H17Cl2N3O4S. The van der Waals surface area contributed by atoms with E-state index in [1.165, 1.54) is 28.6 Å². The standard InChI is InChI=1S/C17H17Cl2N3O4S/c18-14-6-5-13(15(19)11-14)12-20-7-9-21(10-8-20)27(25,26)17-4-2-1-3-16(17)22(23)24/h1-6,11H,7-10,12H2. The van der Waals surface area contributed by atoms with Gasteiger partial charge in [-0.1, -0.05) is 41.4 Å². The Morgan fingerprint density at radius 3 is 2.33 bits per heavy atom. The zero-order valence-corrected chi connectivity index (χ0v) is 16.5. The zero-order chi connectivity index (χ0) is 19.6. The highest BCUT2D eigenvalue weighted by Crippen LogP contribution is 2.28. The van der Waals surface area contributed by atoms with Crippen molar-refractivity contribution in [1.29, 1.82) is 0 Å². The average Bonchev–Trinajstić information content (AvgIpc) is 2.64. The lowest BCUT2D eigenvalue weighted by atomic mass is 10.2. The molecule has 1 fully saturated rings. The first kappa shape index (κ1) is 20.0. The fraction of sp³-hybridized carbons (Fsp3) is 0.294. The second-order valence-electron chi connectivity index (χ2n) is 6.14. The fourth-order valence-electron chi connectivity index (χ4n) is 2.98. The molecule has 0 aliphatic carbocycles. The van der Waals surface area contributed by atoms with Crippen LogP contribution < -0.4 is 0 Å². The first-order valence-electron chi connectivity index (χ1n) is 8.19. The van der Waals surface area contributed by atoms with Gasteiger partial charge in [-0.25, -0.2) is 8.42 Å². The van der Waals surface area contributed by atoms with Crippen molar-refractivity contribution in [1.82, 2.24) is 9.21 Å². The van der Waals surface area contributed by atoms with Crippen LogP contribution >= 0.6 is 23.2 Å². The molecule has 1 aliphatic rings. The van der Waals surface area contributed by atoms with E-state index < -0.39 is 20.6 Å². The van der Waals surface area contributed by atoms with Crippen molar-refractivity contribution in [2.75, 3.05) is 26.2 Å². The van der Waals surface area contributed by atoms with Crippen molar-refractivity contribution in [3.63, 3.8) is 0 Å². The first-order chi connectivity index (χ1) is 12.8. The summed E-state index contributed by atoms with van der Waals surface area (Å²) in [5, 5.41) is 12.3. The van der Waals surface area contributed by atoms with Gasteiger partial charge in [-0.05, 0) is 23.8 Å². The summed E-state index contributed by atoms with van der Waals surface area (Å²) in [4.78, 5) is 12.3. The summed E-state index contributed by atoms with van der Waals surface area (Å²) in [5.41, 5.74) is 0.504. The van der Waals surface area contributed by atoms with E-state index in [4.69, 9.17) is 23.2 Å². The number of nitrogens with zero attached hydrogens (tertiary/aromatic N) is 3. The summed E-state index contributed by atoms with van der Waals surface area (Å²) < 4.78 is 27.0. The number of sulfonamides is 1. The summed E-state index contributed by atoms with van der Waals surface area (Å²) in [7, 11) is -3.93. The minimum Gasteiger partial charge on any atom is -0.296 e. The van der Waals surface area contributed by atoms with Gasteiger partial charge in [0.15, 0.2) is 4.90 Å². The van der Waals surface area contributed by atoms with Crippen molar-refractivity contribution in [2.24, 2.45) is 0 Å². The summed E-state index contributed by atoms with van der Waals surface area (Å²) in [6.45, 7) is 2.08. The van der Waals surface area contributed by atoms with Gasteiger partial charge in [-0.3, -0.25) is 15.0 Å². The molecule has 144 valence electrons. The monoisotopic (exact) mass is 429 g/mol. The van der Waals surface area contributed by atoms with E-state index in [1.807, 2.05) is 6.07 Å². The third-order valence-corrected chi connectivity index (χ3v) is 6.95. The van der Waals surface area contributed by atoms with Crippen LogP contribution in [0.15, 0.2) is 47.4 Å². The molecule has 0 saturated carbocycles. The zero-order valence-electron chi connectivity index (χ0n) is 14.2. The molecule has 2 aromatic carbocycles. The summed E-state index contributed by atoms with van der Waals surface area (Å²) >= 11 is 12.1. The molecule has 0 N–H and O–H groups in total. The van der Waals surface area contributed by atoms with E-state index in [-0.39, 0.29) is 18.0 Å². The maximum atomic E-state index is 12.8. The fourth-order valence-corrected chi connectivity index (χ4v) is 5.03. The van der Waals surface area contributed by atoms with Gasteiger partial charge in [0.1, 0.15) is 0 Å². The smallest absolute Gasteiger partial charge is 0.289 e. The number of piperazine rings is 1. The molecule has 3 rings (SSSR count). The molecule has 1 heterocycles. The van der Waals surface area contributed by atoms with Crippen LogP contribution in [0.2, 0.25) is 10.0 Å². The Bertz CT molecular complexity index is 960. The molecule has 0 bridgehead atoms. The van der Waals surface area contributed by atoms with Gasteiger partial charge in [0.25, 0.3) is 5.69 Å². The van der Waals surface area contributed by atoms with E-state index in [0.717, 1.165) is 5.56 Å². The van der Waals surface area contributed by atoms with E-state index in [1.54, 1.807) is 12.1 Å². The predicted octanol–water partition coefficient (Wildman–Crippen LogP) is 3.41. The van der Waals surface area contributed by atoms with Crippen LogP contribution in [-0.4, -0.2) is 48.7 Å². The molecule has 0 amide bonds.